The van der Waals surface area contributed by atoms with E-state index in [1.807, 2.05) is 31.2 Å². The first-order valence-corrected chi connectivity index (χ1v) is 6.51. The monoisotopic (exact) mass is 279 g/mol. The van der Waals surface area contributed by atoms with Crippen LogP contribution in [0.2, 0.25) is 0 Å². The number of carbonyl (C=O) groups is 1. The van der Waals surface area contributed by atoms with Crippen molar-refractivity contribution in [3.05, 3.63) is 65.9 Å². The Morgan fingerprint density at radius 1 is 1.10 bits per heavy atom. The Hall–Kier alpha value is -2.88. The summed E-state index contributed by atoms with van der Waals surface area (Å²) >= 11 is 0. The first kappa shape index (κ1) is 13.1. The van der Waals surface area contributed by atoms with E-state index in [0.717, 1.165) is 5.56 Å². The number of hydrogen-bond acceptors (Lipinski definition) is 3. The summed E-state index contributed by atoms with van der Waals surface area (Å²) in [6.45, 7) is 2.00. The second-order valence-corrected chi connectivity index (χ2v) is 4.73. The molecule has 0 spiro atoms. The number of fused-ring (bicyclic) bond motifs is 1. The second kappa shape index (κ2) is 5.25. The molecule has 0 saturated carbocycles. The summed E-state index contributed by atoms with van der Waals surface area (Å²) in [6, 6.07) is 14.4. The van der Waals surface area contributed by atoms with E-state index in [-0.39, 0.29) is 5.56 Å². The quantitative estimate of drug-likeness (QED) is 0.786. The molecule has 3 rings (SSSR count). The van der Waals surface area contributed by atoms with E-state index in [1.54, 1.807) is 18.2 Å². The number of rotatable bonds is 3. The third-order valence-electron chi connectivity index (χ3n) is 3.21. The molecular formula is C17H13NO3. The molecule has 4 nitrogen and oxygen atoms in total. The molecule has 0 unspecified atom stereocenters. The maximum atomic E-state index is 11.3. The smallest absolute Gasteiger partial charge is 0.336 e. The van der Waals surface area contributed by atoms with Gasteiger partial charge in [-0.25, -0.2) is 4.79 Å². The molecule has 21 heavy (non-hydrogen) atoms. The Morgan fingerprint density at radius 2 is 1.86 bits per heavy atom. The van der Waals surface area contributed by atoms with Crippen molar-refractivity contribution < 1.29 is 14.6 Å². The standard InChI is InChI=1S/C17H13NO3/c1-11-5-7-12(8-6-11)21-15-4-2-3-13-14(17(19)20)9-10-18-16(13)15/h2-10H,1H3,(H,19,20). The van der Waals surface area contributed by atoms with Crippen molar-refractivity contribution in [1.29, 1.82) is 0 Å². The number of benzene rings is 2. The maximum absolute atomic E-state index is 11.3. The molecule has 1 N–H and O–H groups in total. The Labute approximate surface area is 121 Å². The Morgan fingerprint density at radius 3 is 2.57 bits per heavy atom. The lowest BCUT2D eigenvalue weighted by molar-refractivity contribution is 0.0699. The van der Waals surface area contributed by atoms with Crippen LogP contribution in [-0.2, 0) is 0 Å². The number of para-hydroxylation sites is 1. The molecule has 0 aliphatic rings. The van der Waals surface area contributed by atoms with Gasteiger partial charge in [0.2, 0.25) is 0 Å². The van der Waals surface area contributed by atoms with Gasteiger partial charge in [0.05, 0.1) is 5.56 Å². The summed E-state index contributed by atoms with van der Waals surface area (Å²) in [4.78, 5) is 15.5. The van der Waals surface area contributed by atoms with E-state index in [9.17, 15) is 9.90 Å². The molecule has 0 aliphatic heterocycles. The molecule has 2 aromatic carbocycles. The summed E-state index contributed by atoms with van der Waals surface area (Å²) in [7, 11) is 0. The Kier molecular flexibility index (Phi) is 3.28. The zero-order valence-electron chi connectivity index (χ0n) is 11.4. The largest absolute Gasteiger partial charge is 0.478 e. The highest BCUT2D eigenvalue weighted by Gasteiger charge is 2.12. The number of aryl methyl sites for hydroxylation is 1. The van der Waals surface area contributed by atoms with Crippen molar-refractivity contribution in [2.75, 3.05) is 0 Å². The average molecular weight is 279 g/mol. The van der Waals surface area contributed by atoms with Crippen LogP contribution in [0.4, 0.5) is 0 Å². The summed E-state index contributed by atoms with van der Waals surface area (Å²) in [5, 5.41) is 9.79. The normalized spacial score (nSPS) is 10.5. The summed E-state index contributed by atoms with van der Waals surface area (Å²) in [5.41, 5.74) is 1.90. The lowest BCUT2D eigenvalue weighted by Gasteiger charge is -2.09. The fraction of sp³-hybridized carbons (Fsp3) is 0.0588. The molecule has 1 aromatic heterocycles. The zero-order chi connectivity index (χ0) is 14.8. The van der Waals surface area contributed by atoms with Crippen LogP contribution in [0.3, 0.4) is 0 Å². The lowest BCUT2D eigenvalue weighted by Crippen LogP contribution is -1.99. The molecule has 0 bridgehead atoms. The minimum absolute atomic E-state index is 0.217. The van der Waals surface area contributed by atoms with Gasteiger partial charge in [-0.3, -0.25) is 4.98 Å². The average Bonchev–Trinajstić information content (AvgIpc) is 2.49. The molecule has 3 aromatic rings. The third kappa shape index (κ3) is 2.56. The molecule has 4 heteroatoms. The van der Waals surface area contributed by atoms with Gasteiger partial charge in [0.1, 0.15) is 11.3 Å². The van der Waals surface area contributed by atoms with Gasteiger partial charge in [-0.15, -0.1) is 0 Å². The van der Waals surface area contributed by atoms with Crippen LogP contribution in [0.5, 0.6) is 11.5 Å². The second-order valence-electron chi connectivity index (χ2n) is 4.73. The first-order valence-electron chi connectivity index (χ1n) is 6.51. The highest BCUT2D eigenvalue weighted by Crippen LogP contribution is 2.30. The Bertz CT molecular complexity index is 810. The number of ether oxygens (including phenoxy) is 1. The summed E-state index contributed by atoms with van der Waals surface area (Å²) in [5.74, 6) is 0.255. The molecular weight excluding hydrogens is 266 g/mol. The van der Waals surface area contributed by atoms with Crippen molar-refractivity contribution >= 4 is 16.9 Å². The van der Waals surface area contributed by atoms with Crippen LogP contribution >= 0.6 is 0 Å². The van der Waals surface area contributed by atoms with E-state index >= 15 is 0 Å². The Balaban J connectivity index is 2.09. The van der Waals surface area contributed by atoms with E-state index < -0.39 is 5.97 Å². The number of aromatic nitrogens is 1. The third-order valence-corrected chi connectivity index (χ3v) is 3.21. The topological polar surface area (TPSA) is 59.4 Å². The van der Waals surface area contributed by atoms with Gasteiger partial charge in [0.25, 0.3) is 0 Å². The first-order chi connectivity index (χ1) is 10.1. The molecule has 0 atom stereocenters. The van der Waals surface area contributed by atoms with E-state index in [0.29, 0.717) is 22.4 Å². The van der Waals surface area contributed by atoms with Crippen molar-refractivity contribution in [2.24, 2.45) is 0 Å². The maximum Gasteiger partial charge on any atom is 0.336 e. The predicted molar refractivity (Wildman–Crippen MR) is 80.0 cm³/mol. The van der Waals surface area contributed by atoms with E-state index in [4.69, 9.17) is 4.74 Å². The van der Waals surface area contributed by atoms with Crippen LogP contribution in [0.25, 0.3) is 10.9 Å². The minimum atomic E-state index is -0.977. The number of carboxylic acid groups (broad SMARTS) is 1. The van der Waals surface area contributed by atoms with Gasteiger partial charge >= 0.3 is 5.97 Å². The fourth-order valence-electron chi connectivity index (χ4n) is 2.15. The molecule has 0 fully saturated rings. The summed E-state index contributed by atoms with van der Waals surface area (Å²) < 4.78 is 5.83. The van der Waals surface area contributed by atoms with Gasteiger partial charge in [0.15, 0.2) is 5.75 Å². The van der Waals surface area contributed by atoms with Crippen LogP contribution in [0.1, 0.15) is 15.9 Å². The highest BCUT2D eigenvalue weighted by atomic mass is 16.5. The zero-order valence-corrected chi connectivity index (χ0v) is 11.4. The molecule has 1 heterocycles. The van der Waals surface area contributed by atoms with E-state index in [1.165, 1.54) is 12.3 Å². The summed E-state index contributed by atoms with van der Waals surface area (Å²) in [6.07, 6.45) is 1.48. The van der Waals surface area contributed by atoms with Gasteiger partial charge in [-0.05, 0) is 31.2 Å². The van der Waals surface area contributed by atoms with Crippen molar-refractivity contribution in [3.63, 3.8) is 0 Å². The SMILES string of the molecule is Cc1ccc(Oc2cccc3c(C(=O)O)ccnc23)cc1. The molecule has 0 amide bonds. The number of aromatic carboxylic acids is 1. The van der Waals surface area contributed by atoms with E-state index in [2.05, 4.69) is 4.98 Å². The molecule has 0 radical (unpaired) electrons. The van der Waals surface area contributed by atoms with Crippen LogP contribution < -0.4 is 4.74 Å². The van der Waals surface area contributed by atoms with Gasteiger partial charge < -0.3 is 9.84 Å². The van der Waals surface area contributed by atoms with Crippen LogP contribution in [-0.4, -0.2) is 16.1 Å². The van der Waals surface area contributed by atoms with Gasteiger partial charge in [-0.2, -0.15) is 0 Å². The molecule has 104 valence electrons. The lowest BCUT2D eigenvalue weighted by atomic mass is 10.1. The molecule has 0 saturated heterocycles. The van der Waals surface area contributed by atoms with Crippen LogP contribution in [0, 0.1) is 6.92 Å². The van der Waals surface area contributed by atoms with Gasteiger partial charge in [-0.1, -0.05) is 29.8 Å². The van der Waals surface area contributed by atoms with Crippen molar-refractivity contribution in [3.8, 4) is 11.5 Å². The van der Waals surface area contributed by atoms with Crippen molar-refractivity contribution in [2.45, 2.75) is 6.92 Å². The number of hydrogen-bond donors (Lipinski definition) is 1. The van der Waals surface area contributed by atoms with Crippen molar-refractivity contribution in [1.82, 2.24) is 4.98 Å². The fourth-order valence-corrected chi connectivity index (χ4v) is 2.15. The number of nitrogens with zero attached hydrogens (tertiary/aromatic N) is 1. The van der Waals surface area contributed by atoms with Gasteiger partial charge in [0, 0.05) is 11.6 Å². The molecule has 0 aliphatic carbocycles. The predicted octanol–water partition coefficient (Wildman–Crippen LogP) is 4.03. The number of pyridine rings is 1. The van der Waals surface area contributed by atoms with Crippen LogP contribution in [0.15, 0.2) is 54.7 Å². The highest BCUT2D eigenvalue weighted by molar-refractivity contribution is 6.03. The number of carboxylic acids is 1. The minimum Gasteiger partial charge on any atom is -0.478 e.